The summed E-state index contributed by atoms with van der Waals surface area (Å²) in [4.78, 5) is 30.4. The van der Waals surface area contributed by atoms with Gasteiger partial charge in [-0.05, 0) is 60.7 Å². The Balaban J connectivity index is 1.48. The molecular formula is C35H34F3N3O4. The lowest BCUT2D eigenvalue weighted by molar-refractivity contribution is -0.274. The minimum absolute atomic E-state index is 0.00365. The number of halogens is 3. The topological polar surface area (TPSA) is 96.4 Å². The second kappa shape index (κ2) is 12.3. The van der Waals surface area contributed by atoms with Crippen molar-refractivity contribution in [3.05, 3.63) is 106 Å². The number of aromatic hydroxyl groups is 1. The Bertz CT molecular complexity index is 1900. The molecule has 1 amide bonds. The van der Waals surface area contributed by atoms with Gasteiger partial charge in [0.2, 0.25) is 5.91 Å². The first-order valence-corrected chi connectivity index (χ1v) is 15.2. The average molecular weight is 618 g/mol. The molecule has 1 aliphatic rings. The molecular weight excluding hydrogens is 583 g/mol. The number of hydrogen-bond acceptors (Lipinski definition) is 4. The van der Waals surface area contributed by atoms with Crippen molar-refractivity contribution >= 4 is 27.7 Å². The molecule has 3 aromatic carbocycles. The van der Waals surface area contributed by atoms with Gasteiger partial charge in [-0.2, -0.15) is 0 Å². The normalized spacial score (nSPS) is 14.9. The van der Waals surface area contributed by atoms with Crippen LogP contribution in [0.15, 0.2) is 77.6 Å². The van der Waals surface area contributed by atoms with E-state index < -0.39 is 23.6 Å². The number of H-pyrrole nitrogens is 1. The molecule has 2 heterocycles. The number of aryl methyl sites for hydroxylation is 1. The molecule has 1 atom stereocenters. The third kappa shape index (κ3) is 6.14. The van der Waals surface area contributed by atoms with Gasteiger partial charge in [-0.15, -0.1) is 13.2 Å². The highest BCUT2D eigenvalue weighted by molar-refractivity contribution is 5.88. The number of aromatic amines is 1. The molecule has 1 saturated carbocycles. The lowest BCUT2D eigenvalue weighted by Crippen LogP contribution is -2.33. The summed E-state index contributed by atoms with van der Waals surface area (Å²) in [6.07, 6.45) is 0.564. The molecule has 45 heavy (non-hydrogen) atoms. The van der Waals surface area contributed by atoms with Gasteiger partial charge >= 0.3 is 6.36 Å². The van der Waals surface area contributed by atoms with Crippen molar-refractivity contribution in [1.82, 2.24) is 14.9 Å². The Kier molecular flexibility index (Phi) is 8.31. The molecule has 1 aliphatic carbocycles. The van der Waals surface area contributed by atoms with E-state index in [0.29, 0.717) is 35.1 Å². The number of fused-ring (bicyclic) bond motifs is 2. The van der Waals surface area contributed by atoms with Gasteiger partial charge in [-0.25, -0.2) is 0 Å². The Morgan fingerprint density at radius 3 is 2.38 bits per heavy atom. The largest absolute Gasteiger partial charge is 0.573 e. The van der Waals surface area contributed by atoms with Gasteiger partial charge < -0.3 is 24.7 Å². The van der Waals surface area contributed by atoms with E-state index in [2.05, 4.69) is 15.0 Å². The number of amides is 1. The number of alkyl halides is 3. The van der Waals surface area contributed by atoms with Crippen LogP contribution in [-0.2, 0) is 18.3 Å². The lowest BCUT2D eigenvalue weighted by atomic mass is 9.85. The van der Waals surface area contributed by atoms with Gasteiger partial charge in [0, 0.05) is 41.5 Å². The first kappa shape index (κ1) is 30.3. The molecule has 7 nitrogen and oxygen atoms in total. The van der Waals surface area contributed by atoms with Gasteiger partial charge in [0.15, 0.2) is 0 Å². The second-order valence-electron chi connectivity index (χ2n) is 11.6. The monoisotopic (exact) mass is 617 g/mol. The van der Waals surface area contributed by atoms with Crippen LogP contribution in [0.2, 0.25) is 0 Å². The van der Waals surface area contributed by atoms with Crippen molar-refractivity contribution in [3.63, 3.8) is 0 Å². The third-order valence-electron chi connectivity index (χ3n) is 8.83. The number of carbonyl (C=O) groups excluding carboxylic acids is 1. The first-order valence-electron chi connectivity index (χ1n) is 15.2. The Morgan fingerprint density at radius 1 is 1.00 bits per heavy atom. The zero-order valence-corrected chi connectivity index (χ0v) is 24.8. The minimum atomic E-state index is -4.86. The summed E-state index contributed by atoms with van der Waals surface area (Å²) in [5.41, 5.74) is 2.90. The van der Waals surface area contributed by atoms with Crippen LogP contribution in [0.25, 0.3) is 21.8 Å². The summed E-state index contributed by atoms with van der Waals surface area (Å²) in [7, 11) is 1.62. The van der Waals surface area contributed by atoms with Crippen LogP contribution in [0, 0.1) is 5.92 Å². The van der Waals surface area contributed by atoms with Crippen LogP contribution < -0.4 is 15.6 Å². The summed E-state index contributed by atoms with van der Waals surface area (Å²) >= 11 is 0. The predicted molar refractivity (Wildman–Crippen MR) is 167 cm³/mol. The number of carbonyl (C=O) groups is 1. The molecule has 234 valence electrons. The predicted octanol–water partition coefficient (Wildman–Crippen LogP) is 7.04. The van der Waals surface area contributed by atoms with E-state index in [-0.39, 0.29) is 23.1 Å². The SMILES string of the molecule is Cn1c(=O)c(C(c2ccc(OC(F)(F)F)cc2)c2[nH]c3ccccc3c2CCNC(=O)C2CCCCC2)c(O)c2ccccc21. The fraction of sp³-hybridized carbons (Fsp3) is 0.314. The van der Waals surface area contributed by atoms with E-state index >= 15 is 0 Å². The number of hydrogen-bond donors (Lipinski definition) is 3. The number of ether oxygens (including phenoxy) is 1. The Morgan fingerprint density at radius 2 is 1.67 bits per heavy atom. The van der Waals surface area contributed by atoms with E-state index in [0.717, 1.165) is 48.6 Å². The zero-order valence-electron chi connectivity index (χ0n) is 24.8. The zero-order chi connectivity index (χ0) is 31.7. The molecule has 0 spiro atoms. The van der Waals surface area contributed by atoms with E-state index in [1.54, 1.807) is 31.3 Å². The van der Waals surface area contributed by atoms with Crippen LogP contribution in [-0.4, -0.2) is 33.5 Å². The fourth-order valence-corrected chi connectivity index (χ4v) is 6.66. The number of pyridine rings is 1. The summed E-state index contributed by atoms with van der Waals surface area (Å²) in [5.74, 6) is -1.45. The van der Waals surface area contributed by atoms with Gasteiger partial charge in [0.1, 0.15) is 11.5 Å². The van der Waals surface area contributed by atoms with E-state index in [9.17, 15) is 27.9 Å². The van der Waals surface area contributed by atoms with Gasteiger partial charge in [-0.3, -0.25) is 9.59 Å². The number of nitrogens with zero attached hydrogens (tertiary/aromatic N) is 1. The van der Waals surface area contributed by atoms with Crippen LogP contribution in [0.4, 0.5) is 13.2 Å². The highest BCUT2D eigenvalue weighted by Gasteiger charge is 2.33. The van der Waals surface area contributed by atoms with Crippen molar-refractivity contribution in [3.8, 4) is 11.5 Å². The summed E-state index contributed by atoms with van der Waals surface area (Å²) in [6.45, 7) is 0.358. The summed E-state index contributed by atoms with van der Waals surface area (Å²) < 4.78 is 44.4. The smallest absolute Gasteiger partial charge is 0.507 e. The van der Waals surface area contributed by atoms with Crippen molar-refractivity contribution in [2.24, 2.45) is 13.0 Å². The number of rotatable bonds is 8. The van der Waals surface area contributed by atoms with E-state index in [1.165, 1.54) is 28.8 Å². The maximum absolute atomic E-state index is 14.0. The van der Waals surface area contributed by atoms with Crippen LogP contribution in [0.1, 0.15) is 60.4 Å². The molecule has 6 rings (SSSR count). The molecule has 5 aromatic rings. The average Bonchev–Trinajstić information content (AvgIpc) is 3.40. The van der Waals surface area contributed by atoms with Crippen LogP contribution in [0.5, 0.6) is 11.5 Å². The Hall–Kier alpha value is -4.73. The summed E-state index contributed by atoms with van der Waals surface area (Å²) in [6, 6.07) is 20.0. The number of benzene rings is 3. The van der Waals surface area contributed by atoms with Crippen molar-refractivity contribution in [1.29, 1.82) is 0 Å². The van der Waals surface area contributed by atoms with Crippen molar-refractivity contribution in [2.45, 2.75) is 50.8 Å². The fourth-order valence-electron chi connectivity index (χ4n) is 6.66. The molecule has 0 saturated heterocycles. The standard InChI is InChI=1S/C35H34F3N3O4/c1-41-28-14-8-6-12-26(28)32(42)30(34(41)44)29(21-15-17-23(18-16-21)45-35(36,37)38)31-25(24-11-5-7-13-27(24)40-31)19-20-39-33(43)22-9-3-2-4-10-22/h5-8,11-18,22,29,40,42H,2-4,9-10,19-20H2,1H3,(H,39,43). The maximum atomic E-state index is 14.0. The number of nitrogens with one attached hydrogen (secondary N) is 2. The van der Waals surface area contributed by atoms with E-state index in [1.807, 2.05) is 24.3 Å². The number of para-hydroxylation sites is 2. The second-order valence-corrected chi connectivity index (χ2v) is 11.6. The lowest BCUT2D eigenvalue weighted by Gasteiger charge is -2.23. The molecule has 0 aliphatic heterocycles. The molecule has 10 heteroatoms. The van der Waals surface area contributed by atoms with Crippen LogP contribution >= 0.6 is 0 Å². The van der Waals surface area contributed by atoms with E-state index in [4.69, 9.17) is 0 Å². The molecule has 3 N–H and O–H groups in total. The van der Waals surface area contributed by atoms with Crippen molar-refractivity contribution < 1.29 is 27.8 Å². The van der Waals surface area contributed by atoms with Gasteiger partial charge in [-0.1, -0.05) is 61.7 Å². The van der Waals surface area contributed by atoms with Gasteiger partial charge in [0.25, 0.3) is 5.56 Å². The Labute approximate surface area is 257 Å². The maximum Gasteiger partial charge on any atom is 0.573 e. The highest BCUT2D eigenvalue weighted by Crippen LogP contribution is 2.41. The van der Waals surface area contributed by atoms with Crippen LogP contribution in [0.3, 0.4) is 0 Å². The molecule has 0 bridgehead atoms. The molecule has 0 radical (unpaired) electrons. The molecule has 1 fully saturated rings. The minimum Gasteiger partial charge on any atom is -0.507 e. The highest BCUT2D eigenvalue weighted by atomic mass is 19.4. The quantitative estimate of drug-likeness (QED) is 0.174. The molecule has 2 aromatic heterocycles. The summed E-state index contributed by atoms with van der Waals surface area (Å²) in [5, 5.41) is 16.1. The van der Waals surface area contributed by atoms with Crippen molar-refractivity contribution in [2.75, 3.05) is 6.54 Å². The number of aromatic nitrogens is 2. The third-order valence-corrected chi connectivity index (χ3v) is 8.83. The first-order chi connectivity index (χ1) is 21.6. The molecule has 1 unspecified atom stereocenters. The van der Waals surface area contributed by atoms with Gasteiger partial charge in [0.05, 0.1) is 17.0 Å².